The molecule has 0 saturated carbocycles. The fraction of sp³-hybridized carbons (Fsp3) is 0.929. The first-order valence-corrected chi connectivity index (χ1v) is 8.27. The first-order chi connectivity index (χ1) is 8.99. The maximum absolute atomic E-state index is 11.9. The van der Waals surface area contributed by atoms with E-state index in [0.29, 0.717) is 25.6 Å². The Bertz CT molecular complexity index is 336. The van der Waals surface area contributed by atoms with Crippen molar-refractivity contribution in [1.29, 1.82) is 0 Å². The van der Waals surface area contributed by atoms with E-state index in [1.54, 1.807) is 4.90 Å². The molecule has 0 radical (unpaired) electrons. The lowest BCUT2D eigenvalue weighted by Crippen LogP contribution is -2.42. The molecule has 0 aromatic rings. The van der Waals surface area contributed by atoms with Crippen LogP contribution in [0.25, 0.3) is 0 Å². The Morgan fingerprint density at radius 2 is 1.95 bits per heavy atom. The van der Waals surface area contributed by atoms with Crippen LogP contribution in [0.5, 0.6) is 0 Å². The van der Waals surface area contributed by atoms with Crippen molar-refractivity contribution in [3.05, 3.63) is 0 Å². The number of rotatable bonds is 3. The number of ether oxygens (including phenoxy) is 1. The van der Waals surface area contributed by atoms with Crippen molar-refractivity contribution in [3.63, 3.8) is 0 Å². The van der Waals surface area contributed by atoms with Crippen LogP contribution in [-0.4, -0.2) is 45.5 Å². The predicted molar refractivity (Wildman–Crippen MR) is 81.8 cm³/mol. The Hall–Kier alpha value is -0.460. The van der Waals surface area contributed by atoms with Gasteiger partial charge in [-0.2, -0.15) is 0 Å². The van der Waals surface area contributed by atoms with Crippen molar-refractivity contribution >= 4 is 17.5 Å². The van der Waals surface area contributed by atoms with Crippen molar-refractivity contribution in [2.75, 3.05) is 19.6 Å². The zero-order valence-corrected chi connectivity index (χ0v) is 14.3. The molecule has 1 fully saturated rings. The Balaban J connectivity index is 2.35. The Morgan fingerprint density at radius 1 is 1.35 bits per heavy atom. The number of nitrogens with zero attached hydrogens (tertiary/aromatic N) is 1. The van der Waals surface area contributed by atoms with Gasteiger partial charge in [-0.25, -0.2) is 4.79 Å². The quantitative estimate of drug-likeness (QED) is 0.813. The van der Waals surface area contributed by atoms with Gasteiger partial charge in [0.05, 0.1) is 0 Å². The molecule has 6 heteroatoms. The van der Waals surface area contributed by atoms with E-state index in [4.69, 9.17) is 4.74 Å². The van der Waals surface area contributed by atoms with E-state index < -0.39 is 17.0 Å². The molecule has 1 saturated heterocycles. The van der Waals surface area contributed by atoms with E-state index in [0.717, 1.165) is 6.42 Å². The van der Waals surface area contributed by atoms with Crippen LogP contribution >= 0.6 is 0 Å². The van der Waals surface area contributed by atoms with Gasteiger partial charge in [0.25, 0.3) is 0 Å². The van der Waals surface area contributed by atoms with E-state index in [-0.39, 0.29) is 10.8 Å². The maximum atomic E-state index is 11.9. The summed E-state index contributed by atoms with van der Waals surface area (Å²) in [4.78, 5) is 13.7. The molecule has 0 aromatic carbocycles. The second-order valence-corrected chi connectivity index (χ2v) is 9.36. The molecular formula is C14H28N2O3S. The number of nitrogens with one attached hydrogen (secondary N) is 1. The summed E-state index contributed by atoms with van der Waals surface area (Å²) in [5, 5.41) is 0. The van der Waals surface area contributed by atoms with Gasteiger partial charge in [-0.05, 0) is 53.9 Å². The minimum Gasteiger partial charge on any atom is -0.598 e. The van der Waals surface area contributed by atoms with Gasteiger partial charge in [0.15, 0.2) is 0 Å². The molecule has 2 atom stereocenters. The molecule has 5 nitrogen and oxygen atoms in total. The molecule has 1 heterocycles. The molecule has 118 valence electrons. The fourth-order valence-corrected chi connectivity index (χ4v) is 2.72. The molecule has 1 amide bonds. The van der Waals surface area contributed by atoms with Crippen LogP contribution in [0.3, 0.4) is 0 Å². The topological polar surface area (TPSA) is 64.6 Å². The highest BCUT2D eigenvalue weighted by Crippen LogP contribution is 2.20. The van der Waals surface area contributed by atoms with E-state index in [9.17, 15) is 9.35 Å². The first-order valence-electron chi connectivity index (χ1n) is 7.12. The summed E-state index contributed by atoms with van der Waals surface area (Å²) in [6, 6.07) is 0. The number of carbonyl (C=O) groups is 1. The number of hydrogen-bond acceptors (Lipinski definition) is 4. The van der Waals surface area contributed by atoms with Gasteiger partial charge in [0.1, 0.15) is 10.3 Å². The molecular weight excluding hydrogens is 276 g/mol. The molecule has 0 aliphatic carbocycles. The monoisotopic (exact) mass is 304 g/mol. The highest BCUT2D eigenvalue weighted by atomic mass is 32.2. The third-order valence-electron chi connectivity index (χ3n) is 3.00. The van der Waals surface area contributed by atoms with Gasteiger partial charge in [-0.3, -0.25) is 0 Å². The van der Waals surface area contributed by atoms with Crippen LogP contribution in [0.4, 0.5) is 4.79 Å². The van der Waals surface area contributed by atoms with E-state index in [2.05, 4.69) is 4.72 Å². The lowest BCUT2D eigenvalue weighted by molar-refractivity contribution is 0.0288. The van der Waals surface area contributed by atoms with Crippen molar-refractivity contribution in [1.82, 2.24) is 9.62 Å². The number of likely N-dealkylation sites (tertiary alicyclic amines) is 1. The zero-order chi connectivity index (χ0) is 15.6. The standard InChI is InChI=1S/C14H28N2O3S/c1-13(2,3)19-12(17)16-8-7-11(10-16)9-15-20(18)14(4,5)6/h11,15H,7-10H2,1-6H3/t11?,20-/m0/s1. The predicted octanol–water partition coefficient (Wildman–Crippen LogP) is 2.30. The maximum Gasteiger partial charge on any atom is 0.410 e. The van der Waals surface area contributed by atoms with Crippen LogP contribution < -0.4 is 4.72 Å². The van der Waals surface area contributed by atoms with Crippen LogP contribution in [0.1, 0.15) is 48.0 Å². The van der Waals surface area contributed by atoms with E-state index in [1.165, 1.54) is 0 Å². The highest BCUT2D eigenvalue weighted by molar-refractivity contribution is 7.90. The number of hydrogen-bond donors (Lipinski definition) is 1. The van der Waals surface area contributed by atoms with Crippen LogP contribution in [0, 0.1) is 5.92 Å². The zero-order valence-electron chi connectivity index (χ0n) is 13.5. The average molecular weight is 304 g/mol. The normalized spacial score (nSPS) is 21.9. The van der Waals surface area contributed by atoms with Crippen LogP contribution in [0.15, 0.2) is 0 Å². The molecule has 1 aliphatic rings. The number of carbonyl (C=O) groups excluding carboxylic acids is 1. The van der Waals surface area contributed by atoms with Gasteiger partial charge < -0.3 is 14.2 Å². The third kappa shape index (κ3) is 5.89. The van der Waals surface area contributed by atoms with Gasteiger partial charge in [-0.15, -0.1) is 4.72 Å². The molecule has 0 aromatic heterocycles. The lowest BCUT2D eigenvalue weighted by Gasteiger charge is -2.25. The lowest BCUT2D eigenvalue weighted by atomic mass is 10.1. The average Bonchev–Trinajstić information content (AvgIpc) is 2.70. The van der Waals surface area contributed by atoms with Crippen molar-refractivity contribution in [3.8, 4) is 0 Å². The highest BCUT2D eigenvalue weighted by Gasteiger charge is 2.32. The molecule has 1 N–H and O–H groups in total. The Kier molecular flexibility index (Phi) is 5.75. The van der Waals surface area contributed by atoms with Crippen molar-refractivity contribution < 1.29 is 14.1 Å². The summed E-state index contributed by atoms with van der Waals surface area (Å²) in [6.07, 6.45) is 0.671. The molecule has 1 unspecified atom stereocenters. The Labute approximate surface area is 125 Å². The van der Waals surface area contributed by atoms with Gasteiger partial charge in [0, 0.05) is 31.0 Å². The van der Waals surface area contributed by atoms with E-state index >= 15 is 0 Å². The summed E-state index contributed by atoms with van der Waals surface area (Å²) in [7, 11) is 0. The summed E-state index contributed by atoms with van der Waals surface area (Å²) in [6.45, 7) is 13.5. The smallest absolute Gasteiger partial charge is 0.410 e. The molecule has 0 bridgehead atoms. The van der Waals surface area contributed by atoms with E-state index in [1.807, 2.05) is 41.5 Å². The molecule has 1 aliphatic heterocycles. The summed E-state index contributed by atoms with van der Waals surface area (Å²) in [5.41, 5.74) is -0.457. The fourth-order valence-electron chi connectivity index (χ4n) is 1.90. The molecule has 20 heavy (non-hydrogen) atoms. The molecule has 0 spiro atoms. The van der Waals surface area contributed by atoms with Crippen LogP contribution in [-0.2, 0) is 16.1 Å². The summed E-state index contributed by atoms with van der Waals surface area (Å²) in [5.74, 6) is 0.341. The Morgan fingerprint density at radius 3 is 2.45 bits per heavy atom. The first kappa shape index (κ1) is 17.6. The van der Waals surface area contributed by atoms with Crippen molar-refractivity contribution in [2.45, 2.75) is 58.3 Å². The summed E-state index contributed by atoms with van der Waals surface area (Å²) >= 11 is -1.06. The van der Waals surface area contributed by atoms with Crippen molar-refractivity contribution in [2.24, 2.45) is 5.92 Å². The van der Waals surface area contributed by atoms with Gasteiger partial charge in [0.2, 0.25) is 0 Å². The SMILES string of the molecule is CC(C)(C)OC(=O)N1CCC(CN[S@@+]([O-])C(C)(C)C)C1. The van der Waals surface area contributed by atoms with Gasteiger partial charge >= 0.3 is 6.09 Å². The number of amides is 1. The minimum atomic E-state index is -1.06. The van der Waals surface area contributed by atoms with Gasteiger partial charge in [-0.1, -0.05) is 0 Å². The third-order valence-corrected chi connectivity index (χ3v) is 4.54. The summed E-state index contributed by atoms with van der Waals surface area (Å²) < 4.78 is 20.1. The second kappa shape index (κ2) is 6.54. The minimum absolute atomic E-state index is 0.253. The molecule has 1 rings (SSSR count). The largest absolute Gasteiger partial charge is 0.598 e. The second-order valence-electron chi connectivity index (χ2n) is 7.31. The van der Waals surface area contributed by atoms with Crippen LogP contribution in [0.2, 0.25) is 0 Å².